The summed E-state index contributed by atoms with van der Waals surface area (Å²) in [5, 5.41) is 1.42. The van der Waals surface area contributed by atoms with Crippen molar-refractivity contribution in [1.82, 2.24) is 0 Å². The molecule has 5 heteroatoms. The lowest BCUT2D eigenvalue weighted by Crippen LogP contribution is -1.98. The third-order valence-corrected chi connectivity index (χ3v) is 5.82. The van der Waals surface area contributed by atoms with Crippen LogP contribution in [0.3, 0.4) is 0 Å². The monoisotopic (exact) mass is 434 g/mol. The maximum atomic E-state index is 6.38. The summed E-state index contributed by atoms with van der Waals surface area (Å²) >= 11 is 19.8. The number of rotatable bonds is 2. The molecule has 0 saturated carbocycles. The van der Waals surface area contributed by atoms with Gasteiger partial charge in [0.15, 0.2) is 0 Å². The van der Waals surface area contributed by atoms with E-state index in [1.54, 1.807) is 0 Å². The average molecular weight is 437 g/mol. The second-order valence-corrected chi connectivity index (χ2v) is 7.17. The van der Waals surface area contributed by atoms with Crippen LogP contribution in [0, 0.1) is 0 Å². The highest BCUT2D eigenvalue weighted by molar-refractivity contribution is 9.10. The molecule has 1 aliphatic heterocycles. The quantitative estimate of drug-likeness (QED) is 0.511. The van der Waals surface area contributed by atoms with Crippen LogP contribution in [0.25, 0.3) is 0 Å². The minimum Gasteiger partial charge on any atom is -0.493 e. The normalized spacial score (nSPS) is 14.8. The molecule has 104 valence electrons. The SMILES string of the molecule is Clc1cc2c(c(C(Br)c3cccc(Br)c3Cl)c1)OCC2. The maximum absolute atomic E-state index is 6.38. The van der Waals surface area contributed by atoms with Gasteiger partial charge in [0.2, 0.25) is 0 Å². The first-order valence-electron chi connectivity index (χ1n) is 6.11. The number of ether oxygens (including phenoxy) is 1. The van der Waals surface area contributed by atoms with E-state index >= 15 is 0 Å². The molecule has 0 N–H and O–H groups in total. The Morgan fingerprint density at radius 3 is 2.75 bits per heavy atom. The molecule has 1 unspecified atom stereocenters. The molecule has 0 aliphatic carbocycles. The molecular formula is C15H10Br2Cl2O. The summed E-state index contributed by atoms with van der Waals surface area (Å²) in [5.41, 5.74) is 3.16. The highest BCUT2D eigenvalue weighted by atomic mass is 79.9. The van der Waals surface area contributed by atoms with Crippen LogP contribution >= 0.6 is 55.1 Å². The van der Waals surface area contributed by atoms with Gasteiger partial charge in [-0.2, -0.15) is 0 Å². The van der Waals surface area contributed by atoms with E-state index in [2.05, 4.69) is 31.9 Å². The minimum absolute atomic E-state index is 0.0574. The van der Waals surface area contributed by atoms with E-state index in [4.69, 9.17) is 27.9 Å². The molecule has 2 aromatic carbocycles. The molecule has 1 aliphatic rings. The Balaban J connectivity index is 2.11. The Morgan fingerprint density at radius 2 is 1.95 bits per heavy atom. The zero-order valence-corrected chi connectivity index (χ0v) is 15.0. The number of hydrogen-bond donors (Lipinski definition) is 0. The summed E-state index contributed by atoms with van der Waals surface area (Å²) < 4.78 is 6.63. The zero-order valence-electron chi connectivity index (χ0n) is 10.3. The van der Waals surface area contributed by atoms with Crippen LogP contribution in [-0.4, -0.2) is 6.61 Å². The van der Waals surface area contributed by atoms with E-state index < -0.39 is 0 Å². The third kappa shape index (κ3) is 2.61. The number of benzene rings is 2. The largest absolute Gasteiger partial charge is 0.493 e. The van der Waals surface area contributed by atoms with Gasteiger partial charge in [-0.1, -0.05) is 51.3 Å². The predicted octanol–water partition coefficient (Wildman–Crippen LogP) is 6.18. The standard InChI is InChI=1S/C15H10Br2Cl2O/c16-12-3-1-2-10(14(12)19)13(17)11-7-9(18)6-8-4-5-20-15(8)11/h1-3,6-7,13H,4-5H2. The summed E-state index contributed by atoms with van der Waals surface area (Å²) in [5.74, 6) is 0.923. The highest BCUT2D eigenvalue weighted by Gasteiger charge is 2.24. The van der Waals surface area contributed by atoms with E-state index in [0.29, 0.717) is 11.6 Å². The van der Waals surface area contributed by atoms with Crippen molar-refractivity contribution in [2.45, 2.75) is 11.2 Å². The van der Waals surface area contributed by atoms with Gasteiger partial charge in [0.05, 0.1) is 16.5 Å². The molecule has 0 amide bonds. The van der Waals surface area contributed by atoms with E-state index in [0.717, 1.165) is 38.4 Å². The van der Waals surface area contributed by atoms with Crippen LogP contribution in [0.5, 0.6) is 5.75 Å². The predicted molar refractivity (Wildman–Crippen MR) is 90.6 cm³/mol. The summed E-state index contributed by atoms with van der Waals surface area (Å²) in [6.07, 6.45) is 0.898. The molecule has 0 radical (unpaired) electrons. The number of halogens is 4. The van der Waals surface area contributed by atoms with Gasteiger partial charge in [-0.15, -0.1) is 0 Å². The van der Waals surface area contributed by atoms with Gasteiger partial charge in [-0.05, 0) is 45.3 Å². The van der Waals surface area contributed by atoms with Crippen molar-refractivity contribution in [3.63, 3.8) is 0 Å². The zero-order chi connectivity index (χ0) is 14.3. The van der Waals surface area contributed by atoms with Crippen LogP contribution in [0.2, 0.25) is 10.0 Å². The molecule has 3 rings (SSSR count). The summed E-state index contributed by atoms with van der Waals surface area (Å²) in [7, 11) is 0. The Kier molecular flexibility index (Phi) is 4.32. The van der Waals surface area contributed by atoms with Gasteiger partial charge in [-0.3, -0.25) is 0 Å². The fourth-order valence-electron chi connectivity index (χ4n) is 2.37. The molecule has 20 heavy (non-hydrogen) atoms. The van der Waals surface area contributed by atoms with Crippen molar-refractivity contribution in [1.29, 1.82) is 0 Å². The number of hydrogen-bond acceptors (Lipinski definition) is 1. The van der Waals surface area contributed by atoms with Gasteiger partial charge in [-0.25, -0.2) is 0 Å². The highest BCUT2D eigenvalue weighted by Crippen LogP contribution is 2.45. The van der Waals surface area contributed by atoms with Crippen LogP contribution in [0.4, 0.5) is 0 Å². The molecular weight excluding hydrogens is 427 g/mol. The minimum atomic E-state index is -0.0574. The van der Waals surface area contributed by atoms with Gasteiger partial charge >= 0.3 is 0 Å². The van der Waals surface area contributed by atoms with Crippen molar-refractivity contribution in [3.8, 4) is 5.75 Å². The Labute approximate surface area is 144 Å². The first kappa shape index (κ1) is 14.7. The van der Waals surface area contributed by atoms with Crippen LogP contribution in [-0.2, 0) is 6.42 Å². The second-order valence-electron chi connectivity index (χ2n) is 4.59. The topological polar surface area (TPSA) is 9.23 Å². The van der Waals surface area contributed by atoms with E-state index in [-0.39, 0.29) is 4.83 Å². The summed E-state index contributed by atoms with van der Waals surface area (Å²) in [6, 6.07) is 9.78. The van der Waals surface area contributed by atoms with Gasteiger partial charge in [0.25, 0.3) is 0 Å². The lowest BCUT2D eigenvalue weighted by Gasteiger charge is -2.17. The van der Waals surface area contributed by atoms with Crippen LogP contribution in [0.15, 0.2) is 34.8 Å². The molecule has 0 saturated heterocycles. The average Bonchev–Trinajstić information content (AvgIpc) is 2.88. The Bertz CT molecular complexity index is 673. The number of alkyl halides is 1. The fraction of sp³-hybridized carbons (Fsp3) is 0.200. The lowest BCUT2D eigenvalue weighted by atomic mass is 10.0. The molecule has 0 fully saturated rings. The number of fused-ring (bicyclic) bond motifs is 1. The smallest absolute Gasteiger partial charge is 0.127 e. The molecule has 1 heterocycles. The molecule has 1 atom stereocenters. The Morgan fingerprint density at radius 1 is 1.15 bits per heavy atom. The molecule has 2 aromatic rings. The van der Waals surface area contributed by atoms with E-state index in [1.165, 1.54) is 0 Å². The first-order valence-corrected chi connectivity index (χ1v) is 8.57. The van der Waals surface area contributed by atoms with Gasteiger partial charge < -0.3 is 4.74 Å². The van der Waals surface area contributed by atoms with Crippen LogP contribution < -0.4 is 4.74 Å². The van der Waals surface area contributed by atoms with Crippen LogP contribution in [0.1, 0.15) is 21.5 Å². The van der Waals surface area contributed by atoms with Gasteiger partial charge in [0.1, 0.15) is 5.75 Å². The summed E-state index contributed by atoms with van der Waals surface area (Å²) in [6.45, 7) is 0.703. The lowest BCUT2D eigenvalue weighted by molar-refractivity contribution is 0.354. The van der Waals surface area contributed by atoms with Crippen molar-refractivity contribution in [2.24, 2.45) is 0 Å². The molecule has 0 bridgehead atoms. The van der Waals surface area contributed by atoms with Crippen molar-refractivity contribution >= 4 is 55.1 Å². The van der Waals surface area contributed by atoms with Crippen molar-refractivity contribution in [2.75, 3.05) is 6.61 Å². The van der Waals surface area contributed by atoms with E-state index in [9.17, 15) is 0 Å². The van der Waals surface area contributed by atoms with E-state index in [1.807, 2.05) is 30.3 Å². The third-order valence-electron chi connectivity index (χ3n) is 3.30. The molecule has 1 nitrogen and oxygen atoms in total. The first-order chi connectivity index (χ1) is 9.58. The molecule has 0 aromatic heterocycles. The summed E-state index contributed by atoms with van der Waals surface area (Å²) in [4.78, 5) is -0.0574. The maximum Gasteiger partial charge on any atom is 0.127 e. The van der Waals surface area contributed by atoms with Crippen molar-refractivity contribution in [3.05, 3.63) is 61.5 Å². The van der Waals surface area contributed by atoms with Crippen molar-refractivity contribution < 1.29 is 4.74 Å². The van der Waals surface area contributed by atoms with Gasteiger partial charge in [0, 0.05) is 21.5 Å². The fourth-order valence-corrected chi connectivity index (χ4v) is 4.09. The Hall–Kier alpha value is -0.220. The second kappa shape index (κ2) is 5.88. The molecule has 0 spiro atoms.